The van der Waals surface area contributed by atoms with E-state index >= 15 is 0 Å². The van der Waals surface area contributed by atoms with Crippen molar-refractivity contribution in [3.8, 4) is 0 Å². The molecule has 1 N–H and O–H groups in total. The highest BCUT2D eigenvalue weighted by molar-refractivity contribution is 5.41. The van der Waals surface area contributed by atoms with Crippen molar-refractivity contribution in [2.45, 2.75) is 32.8 Å². The van der Waals surface area contributed by atoms with E-state index in [4.69, 9.17) is 0 Å². The maximum atomic E-state index is 13.8. The molecular formula is C12H18FN3O. The van der Waals surface area contributed by atoms with Gasteiger partial charge in [-0.3, -0.25) is 0 Å². The van der Waals surface area contributed by atoms with Gasteiger partial charge >= 0.3 is 0 Å². The fraction of sp³-hybridized carbons (Fsp3) is 0.667. The van der Waals surface area contributed by atoms with Crippen LogP contribution in [0.4, 0.5) is 10.2 Å². The van der Waals surface area contributed by atoms with Crippen molar-refractivity contribution in [1.82, 2.24) is 9.97 Å². The first-order valence-electron chi connectivity index (χ1n) is 5.99. The van der Waals surface area contributed by atoms with Crippen molar-refractivity contribution in [3.05, 3.63) is 17.8 Å². The standard InChI is InChI=1S/C12H18FN3O/c1-8-11(13)12(15-7-14-8)16-5-3-10(4-6-16)9(2)17/h7,9-10,17H,3-6H2,1-2H3. The van der Waals surface area contributed by atoms with Crippen LogP contribution in [0.2, 0.25) is 0 Å². The van der Waals surface area contributed by atoms with E-state index in [2.05, 4.69) is 9.97 Å². The molecule has 2 rings (SSSR count). The summed E-state index contributed by atoms with van der Waals surface area (Å²) in [4.78, 5) is 9.77. The Bertz CT molecular complexity index is 389. The predicted octanol–water partition coefficient (Wildman–Crippen LogP) is 1.52. The number of aryl methyl sites for hydroxylation is 1. The van der Waals surface area contributed by atoms with Gasteiger partial charge in [-0.2, -0.15) is 0 Å². The average Bonchev–Trinajstić information content (AvgIpc) is 2.33. The van der Waals surface area contributed by atoms with Gasteiger partial charge in [0.25, 0.3) is 0 Å². The van der Waals surface area contributed by atoms with E-state index in [-0.39, 0.29) is 11.9 Å². The molecule has 0 saturated carbocycles. The predicted molar refractivity (Wildman–Crippen MR) is 63.3 cm³/mol. The third-order valence-corrected chi connectivity index (χ3v) is 3.47. The number of rotatable bonds is 2. The second-order valence-corrected chi connectivity index (χ2v) is 4.66. The van der Waals surface area contributed by atoms with Crippen molar-refractivity contribution >= 4 is 5.82 Å². The van der Waals surface area contributed by atoms with Crippen molar-refractivity contribution < 1.29 is 9.50 Å². The van der Waals surface area contributed by atoms with E-state index < -0.39 is 0 Å². The van der Waals surface area contributed by atoms with Gasteiger partial charge in [0.05, 0.1) is 11.8 Å². The highest BCUT2D eigenvalue weighted by Crippen LogP contribution is 2.25. The van der Waals surface area contributed by atoms with E-state index in [1.807, 2.05) is 11.8 Å². The summed E-state index contributed by atoms with van der Waals surface area (Å²) in [5.41, 5.74) is 0.382. The smallest absolute Gasteiger partial charge is 0.186 e. The van der Waals surface area contributed by atoms with Gasteiger partial charge in [0.2, 0.25) is 0 Å². The minimum absolute atomic E-state index is 0.283. The summed E-state index contributed by atoms with van der Waals surface area (Å²) in [6, 6.07) is 0. The zero-order valence-electron chi connectivity index (χ0n) is 10.2. The van der Waals surface area contributed by atoms with Crippen LogP contribution in [-0.2, 0) is 0 Å². The third-order valence-electron chi connectivity index (χ3n) is 3.47. The summed E-state index contributed by atoms with van der Waals surface area (Å²) >= 11 is 0. The van der Waals surface area contributed by atoms with Crippen LogP contribution in [0.25, 0.3) is 0 Å². The molecule has 0 aromatic carbocycles. The molecule has 4 nitrogen and oxygen atoms in total. The van der Waals surface area contributed by atoms with E-state index in [0.29, 0.717) is 17.4 Å². The minimum atomic E-state index is -0.331. The lowest BCUT2D eigenvalue weighted by atomic mass is 9.92. The van der Waals surface area contributed by atoms with Crippen LogP contribution in [0, 0.1) is 18.7 Å². The van der Waals surface area contributed by atoms with Gasteiger partial charge in [-0.05, 0) is 32.6 Å². The molecule has 1 aliphatic heterocycles. The molecule has 0 aliphatic carbocycles. The molecule has 1 aromatic rings. The fourth-order valence-corrected chi connectivity index (χ4v) is 2.26. The van der Waals surface area contributed by atoms with Gasteiger partial charge < -0.3 is 10.0 Å². The van der Waals surface area contributed by atoms with Crippen molar-refractivity contribution in [2.75, 3.05) is 18.0 Å². The van der Waals surface area contributed by atoms with Crippen molar-refractivity contribution in [3.63, 3.8) is 0 Å². The van der Waals surface area contributed by atoms with Gasteiger partial charge in [-0.15, -0.1) is 0 Å². The Balaban J connectivity index is 2.08. The van der Waals surface area contributed by atoms with Crippen LogP contribution in [-0.4, -0.2) is 34.3 Å². The summed E-state index contributed by atoms with van der Waals surface area (Å²) in [5.74, 6) is 0.377. The van der Waals surface area contributed by atoms with Crippen molar-refractivity contribution in [2.24, 2.45) is 5.92 Å². The number of hydrogen-bond acceptors (Lipinski definition) is 4. The number of aromatic nitrogens is 2. The van der Waals surface area contributed by atoms with Crippen LogP contribution in [0.1, 0.15) is 25.5 Å². The molecule has 94 valence electrons. The van der Waals surface area contributed by atoms with E-state index in [1.54, 1.807) is 6.92 Å². The maximum Gasteiger partial charge on any atom is 0.186 e. The number of piperidine rings is 1. The molecule has 0 spiro atoms. The number of aliphatic hydroxyl groups excluding tert-OH is 1. The quantitative estimate of drug-likeness (QED) is 0.850. The van der Waals surface area contributed by atoms with Crippen LogP contribution < -0.4 is 4.90 Å². The van der Waals surface area contributed by atoms with E-state index in [0.717, 1.165) is 25.9 Å². The van der Waals surface area contributed by atoms with Crippen molar-refractivity contribution in [1.29, 1.82) is 0 Å². The normalized spacial score (nSPS) is 19.4. The second kappa shape index (κ2) is 4.96. The zero-order chi connectivity index (χ0) is 12.4. The summed E-state index contributed by atoms with van der Waals surface area (Å²) in [6.07, 6.45) is 2.86. The highest BCUT2D eigenvalue weighted by Gasteiger charge is 2.25. The number of aliphatic hydroxyl groups is 1. The molecule has 5 heteroatoms. The van der Waals surface area contributed by atoms with Crippen LogP contribution >= 0.6 is 0 Å². The first-order chi connectivity index (χ1) is 8.09. The molecule has 1 aromatic heterocycles. The molecule has 1 unspecified atom stereocenters. The van der Waals surface area contributed by atoms with Gasteiger partial charge in [0, 0.05) is 13.1 Å². The molecule has 1 aliphatic rings. The van der Waals surface area contributed by atoms with Gasteiger partial charge in [0.1, 0.15) is 6.33 Å². The summed E-state index contributed by atoms with van der Waals surface area (Å²) in [6.45, 7) is 4.94. The number of hydrogen-bond donors (Lipinski definition) is 1. The first kappa shape index (κ1) is 12.2. The van der Waals surface area contributed by atoms with E-state index in [9.17, 15) is 9.50 Å². The Morgan fingerprint density at radius 1 is 1.41 bits per heavy atom. The Morgan fingerprint density at radius 3 is 2.65 bits per heavy atom. The molecule has 17 heavy (non-hydrogen) atoms. The lowest BCUT2D eigenvalue weighted by Crippen LogP contribution is -2.38. The summed E-state index contributed by atoms with van der Waals surface area (Å²) in [7, 11) is 0. The van der Waals surface area contributed by atoms with Crippen LogP contribution in [0.3, 0.4) is 0 Å². The lowest BCUT2D eigenvalue weighted by Gasteiger charge is -2.34. The molecular weight excluding hydrogens is 221 g/mol. The Morgan fingerprint density at radius 2 is 2.06 bits per heavy atom. The van der Waals surface area contributed by atoms with Gasteiger partial charge in [-0.25, -0.2) is 14.4 Å². The van der Waals surface area contributed by atoms with Gasteiger partial charge in [-0.1, -0.05) is 0 Å². The third kappa shape index (κ3) is 2.54. The highest BCUT2D eigenvalue weighted by atomic mass is 19.1. The molecule has 0 bridgehead atoms. The summed E-state index contributed by atoms with van der Waals surface area (Å²) < 4.78 is 13.8. The Labute approximate surface area is 101 Å². The zero-order valence-corrected chi connectivity index (χ0v) is 10.2. The lowest BCUT2D eigenvalue weighted by molar-refractivity contribution is 0.109. The second-order valence-electron chi connectivity index (χ2n) is 4.66. The maximum absolute atomic E-state index is 13.8. The number of halogens is 1. The van der Waals surface area contributed by atoms with Crippen LogP contribution in [0.15, 0.2) is 6.33 Å². The van der Waals surface area contributed by atoms with Gasteiger partial charge in [0.15, 0.2) is 11.6 Å². The molecule has 1 atom stereocenters. The van der Waals surface area contributed by atoms with Crippen LogP contribution in [0.5, 0.6) is 0 Å². The SMILES string of the molecule is Cc1ncnc(N2CCC(C(C)O)CC2)c1F. The van der Waals surface area contributed by atoms with E-state index in [1.165, 1.54) is 6.33 Å². The number of nitrogens with zero attached hydrogens (tertiary/aromatic N) is 3. The monoisotopic (exact) mass is 239 g/mol. The topological polar surface area (TPSA) is 49.2 Å². The summed E-state index contributed by atoms with van der Waals surface area (Å²) in [5, 5.41) is 9.51. The number of anilines is 1. The molecule has 0 amide bonds. The molecule has 1 saturated heterocycles. The largest absolute Gasteiger partial charge is 0.393 e. The molecule has 2 heterocycles. The average molecular weight is 239 g/mol. The minimum Gasteiger partial charge on any atom is -0.393 e. The Kier molecular flexibility index (Phi) is 3.57. The fourth-order valence-electron chi connectivity index (χ4n) is 2.26. The Hall–Kier alpha value is -1.23. The molecule has 1 fully saturated rings. The molecule has 0 radical (unpaired) electrons. The first-order valence-corrected chi connectivity index (χ1v) is 5.99.